The van der Waals surface area contributed by atoms with Gasteiger partial charge in [-0.3, -0.25) is 4.79 Å². The number of aliphatic hydroxyl groups excluding tert-OH is 1. The van der Waals surface area contributed by atoms with Crippen LogP contribution in [0.5, 0.6) is 5.75 Å². The van der Waals surface area contributed by atoms with E-state index in [2.05, 4.69) is 5.32 Å². The number of benzene rings is 1. The summed E-state index contributed by atoms with van der Waals surface area (Å²) in [6, 6.07) is 4.94. The molecule has 0 bridgehead atoms. The van der Waals surface area contributed by atoms with Gasteiger partial charge in [-0.15, -0.1) is 0 Å². The fraction of sp³-hybridized carbons (Fsp3) is 0.417. The second-order valence-electron chi connectivity index (χ2n) is 4.00. The standard InChI is InChI=1S/C12H17ClN2O3/c1-15(2)5-6-18-11-4-3-9(7-10(11)13)14-12(17)8-16/h3-4,7,16H,5-6,8H2,1-2H3,(H,14,17). The Kier molecular flexibility index (Phi) is 5.91. The minimum Gasteiger partial charge on any atom is -0.491 e. The van der Waals surface area contributed by atoms with Crippen LogP contribution in [0, 0.1) is 0 Å². The zero-order valence-corrected chi connectivity index (χ0v) is 11.2. The summed E-state index contributed by atoms with van der Waals surface area (Å²) in [5, 5.41) is 11.5. The maximum atomic E-state index is 11.0. The van der Waals surface area contributed by atoms with Crippen LogP contribution in [0.1, 0.15) is 0 Å². The molecule has 0 aromatic heterocycles. The van der Waals surface area contributed by atoms with Gasteiger partial charge in [0, 0.05) is 12.2 Å². The zero-order chi connectivity index (χ0) is 13.5. The number of anilines is 1. The predicted molar refractivity (Wildman–Crippen MR) is 71.2 cm³/mol. The molecule has 1 amide bonds. The molecule has 0 heterocycles. The monoisotopic (exact) mass is 272 g/mol. The van der Waals surface area contributed by atoms with Crippen molar-refractivity contribution in [2.75, 3.05) is 39.2 Å². The molecule has 0 unspecified atom stereocenters. The molecule has 2 N–H and O–H groups in total. The summed E-state index contributed by atoms with van der Waals surface area (Å²) in [5.41, 5.74) is 0.527. The van der Waals surface area contributed by atoms with E-state index in [1.54, 1.807) is 18.2 Å². The molecule has 0 saturated carbocycles. The van der Waals surface area contributed by atoms with Gasteiger partial charge in [-0.2, -0.15) is 0 Å². The number of nitrogens with one attached hydrogen (secondary N) is 1. The van der Waals surface area contributed by atoms with Crippen molar-refractivity contribution in [2.45, 2.75) is 0 Å². The number of halogens is 1. The number of ether oxygens (including phenoxy) is 1. The summed E-state index contributed by atoms with van der Waals surface area (Å²) in [6.07, 6.45) is 0. The van der Waals surface area contributed by atoms with Crippen LogP contribution in [0.4, 0.5) is 5.69 Å². The van der Waals surface area contributed by atoms with Crippen molar-refractivity contribution >= 4 is 23.2 Å². The summed E-state index contributed by atoms with van der Waals surface area (Å²) in [6.45, 7) is 0.771. The van der Waals surface area contributed by atoms with Crippen LogP contribution in [-0.2, 0) is 4.79 Å². The van der Waals surface area contributed by atoms with Crippen LogP contribution in [0.25, 0.3) is 0 Å². The molecule has 0 radical (unpaired) electrons. The lowest BCUT2D eigenvalue weighted by molar-refractivity contribution is -0.118. The number of carbonyl (C=O) groups excluding carboxylic acids is 1. The summed E-state index contributed by atoms with van der Waals surface area (Å²) in [4.78, 5) is 13.0. The molecular formula is C12H17ClN2O3. The Morgan fingerprint density at radius 3 is 2.78 bits per heavy atom. The first-order chi connectivity index (χ1) is 8.52. The lowest BCUT2D eigenvalue weighted by Crippen LogP contribution is -2.19. The fourth-order valence-electron chi connectivity index (χ4n) is 1.23. The second-order valence-corrected chi connectivity index (χ2v) is 4.41. The van der Waals surface area contributed by atoms with Crippen molar-refractivity contribution in [2.24, 2.45) is 0 Å². The molecule has 1 aromatic rings. The predicted octanol–water partition coefficient (Wildman–Crippen LogP) is 1.21. The van der Waals surface area contributed by atoms with Gasteiger partial charge in [-0.1, -0.05) is 11.6 Å². The van der Waals surface area contributed by atoms with Gasteiger partial charge in [0.25, 0.3) is 0 Å². The Balaban J connectivity index is 2.59. The number of aliphatic hydroxyl groups is 1. The highest BCUT2D eigenvalue weighted by molar-refractivity contribution is 6.32. The number of hydrogen-bond acceptors (Lipinski definition) is 4. The first-order valence-corrected chi connectivity index (χ1v) is 5.88. The SMILES string of the molecule is CN(C)CCOc1ccc(NC(=O)CO)cc1Cl. The molecule has 1 rings (SSSR count). The van der Waals surface area contributed by atoms with E-state index in [4.69, 9.17) is 21.4 Å². The van der Waals surface area contributed by atoms with Gasteiger partial charge < -0.3 is 20.1 Å². The highest BCUT2D eigenvalue weighted by atomic mass is 35.5. The van der Waals surface area contributed by atoms with Gasteiger partial charge in [0.15, 0.2) is 0 Å². The molecule has 1 aromatic carbocycles. The molecule has 5 nitrogen and oxygen atoms in total. The number of carbonyl (C=O) groups is 1. The number of amides is 1. The van der Waals surface area contributed by atoms with E-state index in [0.29, 0.717) is 23.1 Å². The molecule has 18 heavy (non-hydrogen) atoms. The van der Waals surface area contributed by atoms with Crippen molar-refractivity contribution in [3.05, 3.63) is 23.2 Å². The fourth-order valence-corrected chi connectivity index (χ4v) is 1.47. The summed E-state index contributed by atoms with van der Waals surface area (Å²) in [5.74, 6) is 0.0906. The normalized spacial score (nSPS) is 10.5. The molecule has 100 valence electrons. The van der Waals surface area contributed by atoms with Gasteiger partial charge in [0.05, 0.1) is 5.02 Å². The smallest absolute Gasteiger partial charge is 0.250 e. The number of likely N-dealkylation sites (N-methyl/N-ethyl adjacent to an activating group) is 1. The number of rotatable bonds is 6. The molecular weight excluding hydrogens is 256 g/mol. The summed E-state index contributed by atoms with van der Waals surface area (Å²) < 4.78 is 5.50. The molecule has 6 heteroatoms. The minimum atomic E-state index is -0.557. The van der Waals surface area contributed by atoms with Crippen molar-refractivity contribution in [3.8, 4) is 5.75 Å². The molecule has 0 aliphatic heterocycles. The van der Waals surface area contributed by atoms with E-state index >= 15 is 0 Å². The first kappa shape index (κ1) is 14.8. The third-order valence-corrected chi connectivity index (χ3v) is 2.45. The first-order valence-electron chi connectivity index (χ1n) is 5.50. The summed E-state index contributed by atoms with van der Waals surface area (Å²) >= 11 is 6.02. The van der Waals surface area contributed by atoms with Gasteiger partial charge in [0.1, 0.15) is 19.0 Å². The van der Waals surface area contributed by atoms with E-state index < -0.39 is 12.5 Å². The van der Waals surface area contributed by atoms with Crippen molar-refractivity contribution in [1.82, 2.24) is 4.90 Å². The van der Waals surface area contributed by atoms with E-state index in [-0.39, 0.29) is 0 Å². The van der Waals surface area contributed by atoms with E-state index in [0.717, 1.165) is 6.54 Å². The van der Waals surface area contributed by atoms with Gasteiger partial charge in [-0.25, -0.2) is 0 Å². The number of hydrogen-bond donors (Lipinski definition) is 2. The largest absolute Gasteiger partial charge is 0.491 e. The molecule has 0 saturated heterocycles. The second kappa shape index (κ2) is 7.20. The van der Waals surface area contributed by atoms with Crippen LogP contribution in [0.15, 0.2) is 18.2 Å². The maximum Gasteiger partial charge on any atom is 0.250 e. The maximum absolute atomic E-state index is 11.0. The minimum absolute atomic E-state index is 0.421. The molecule has 0 aliphatic carbocycles. The quantitative estimate of drug-likeness (QED) is 0.817. The average molecular weight is 273 g/mol. The lowest BCUT2D eigenvalue weighted by atomic mass is 10.3. The van der Waals surface area contributed by atoms with E-state index in [1.165, 1.54) is 0 Å². The van der Waals surface area contributed by atoms with Crippen molar-refractivity contribution in [1.29, 1.82) is 0 Å². The van der Waals surface area contributed by atoms with Crippen LogP contribution in [0.3, 0.4) is 0 Å². The van der Waals surface area contributed by atoms with Crippen molar-refractivity contribution < 1.29 is 14.6 Å². The third kappa shape index (κ3) is 4.91. The molecule has 0 fully saturated rings. The van der Waals surface area contributed by atoms with E-state index in [9.17, 15) is 4.79 Å². The Hall–Kier alpha value is -1.30. The van der Waals surface area contributed by atoms with Crippen molar-refractivity contribution in [3.63, 3.8) is 0 Å². The van der Waals surface area contributed by atoms with Gasteiger partial charge >= 0.3 is 0 Å². The Labute approximate surface area is 111 Å². The van der Waals surface area contributed by atoms with Gasteiger partial charge in [-0.05, 0) is 32.3 Å². The Morgan fingerprint density at radius 1 is 1.50 bits per heavy atom. The topological polar surface area (TPSA) is 61.8 Å². The third-order valence-electron chi connectivity index (χ3n) is 2.16. The van der Waals surface area contributed by atoms with Crippen LogP contribution >= 0.6 is 11.6 Å². The number of nitrogens with zero attached hydrogens (tertiary/aromatic N) is 1. The molecule has 0 spiro atoms. The molecule has 0 atom stereocenters. The summed E-state index contributed by atoms with van der Waals surface area (Å²) in [7, 11) is 3.91. The van der Waals surface area contributed by atoms with Crippen LogP contribution in [-0.4, -0.2) is 49.8 Å². The highest BCUT2D eigenvalue weighted by Gasteiger charge is 2.05. The average Bonchev–Trinajstić information content (AvgIpc) is 2.31. The lowest BCUT2D eigenvalue weighted by Gasteiger charge is -2.12. The Morgan fingerprint density at radius 2 is 2.22 bits per heavy atom. The zero-order valence-electron chi connectivity index (χ0n) is 10.4. The van der Waals surface area contributed by atoms with Crippen LogP contribution < -0.4 is 10.1 Å². The van der Waals surface area contributed by atoms with Gasteiger partial charge in [0.2, 0.25) is 5.91 Å². The van der Waals surface area contributed by atoms with E-state index in [1.807, 2.05) is 19.0 Å². The highest BCUT2D eigenvalue weighted by Crippen LogP contribution is 2.27. The van der Waals surface area contributed by atoms with Crippen LogP contribution in [0.2, 0.25) is 5.02 Å². The molecule has 0 aliphatic rings. The Bertz CT molecular complexity index is 410.